The highest BCUT2D eigenvalue weighted by Crippen LogP contribution is 2.13. The van der Waals surface area contributed by atoms with Crippen LogP contribution in [0.1, 0.15) is 38.3 Å². The van der Waals surface area contributed by atoms with Crippen LogP contribution in [0.25, 0.3) is 0 Å². The number of rotatable bonds is 10. The van der Waals surface area contributed by atoms with Crippen molar-refractivity contribution in [2.45, 2.75) is 52.6 Å². The molecular weight excluding hydrogens is 364 g/mol. The smallest absolute Gasteiger partial charge is 0.261 e. The van der Waals surface area contributed by atoms with Crippen molar-refractivity contribution in [3.05, 3.63) is 65.7 Å². The number of hydrogen-bond donors (Lipinski definition) is 1. The first-order valence-electron chi connectivity index (χ1n) is 10.2. The van der Waals surface area contributed by atoms with Crippen molar-refractivity contribution in [1.29, 1.82) is 0 Å². The Labute approximate surface area is 174 Å². The summed E-state index contributed by atoms with van der Waals surface area (Å²) in [5, 5.41) is 2.97. The molecule has 156 valence electrons. The van der Waals surface area contributed by atoms with E-state index < -0.39 is 6.04 Å². The van der Waals surface area contributed by atoms with Crippen LogP contribution in [0.4, 0.5) is 0 Å². The molecule has 0 fully saturated rings. The lowest BCUT2D eigenvalue weighted by atomic mass is 10.1. The molecule has 2 amide bonds. The van der Waals surface area contributed by atoms with Gasteiger partial charge in [0.25, 0.3) is 5.91 Å². The van der Waals surface area contributed by atoms with Gasteiger partial charge >= 0.3 is 0 Å². The number of amides is 2. The Bertz CT molecular complexity index is 774. The fraction of sp³-hybridized carbons (Fsp3) is 0.417. The van der Waals surface area contributed by atoms with Crippen molar-refractivity contribution >= 4 is 11.8 Å². The molecule has 0 heterocycles. The highest BCUT2D eigenvalue weighted by molar-refractivity contribution is 5.88. The standard InChI is InChI=1S/C24H32N2O3/c1-5-19(3)25-24(28)20(4)26(16-15-21-9-7-6-8-10-21)23(27)17-29-22-13-11-18(2)12-14-22/h6-14,19-20H,5,15-17H2,1-4H3,(H,25,28)/t19-,20+/m1/s1. The Morgan fingerprint density at radius 3 is 2.31 bits per heavy atom. The van der Waals surface area contributed by atoms with Crippen molar-refractivity contribution in [3.63, 3.8) is 0 Å². The zero-order valence-electron chi connectivity index (χ0n) is 17.9. The predicted octanol–water partition coefficient (Wildman–Crippen LogP) is 3.75. The first kappa shape index (κ1) is 22.5. The number of carbonyl (C=O) groups is 2. The maximum absolute atomic E-state index is 12.9. The van der Waals surface area contributed by atoms with E-state index in [0.717, 1.165) is 17.5 Å². The third kappa shape index (κ3) is 7.26. The average Bonchev–Trinajstić information content (AvgIpc) is 2.73. The average molecular weight is 397 g/mol. The second-order valence-electron chi connectivity index (χ2n) is 7.42. The molecule has 0 radical (unpaired) electrons. The molecule has 0 spiro atoms. The number of carbonyl (C=O) groups excluding carboxylic acids is 2. The maximum Gasteiger partial charge on any atom is 0.261 e. The lowest BCUT2D eigenvalue weighted by Gasteiger charge is -2.29. The Hall–Kier alpha value is -2.82. The molecular formula is C24H32N2O3. The summed E-state index contributed by atoms with van der Waals surface area (Å²) in [5.41, 5.74) is 2.25. The molecule has 2 rings (SSSR count). The lowest BCUT2D eigenvalue weighted by Crippen LogP contribution is -2.51. The Morgan fingerprint density at radius 2 is 1.69 bits per heavy atom. The number of hydrogen-bond acceptors (Lipinski definition) is 3. The third-order valence-corrected chi connectivity index (χ3v) is 5.04. The fourth-order valence-electron chi connectivity index (χ4n) is 2.90. The molecule has 0 saturated heterocycles. The van der Waals surface area contributed by atoms with Gasteiger partial charge < -0.3 is 15.0 Å². The minimum absolute atomic E-state index is 0.0693. The monoisotopic (exact) mass is 396 g/mol. The molecule has 0 aliphatic carbocycles. The molecule has 2 aromatic carbocycles. The Balaban J connectivity index is 2.05. The number of nitrogens with one attached hydrogen (secondary N) is 1. The van der Waals surface area contributed by atoms with Gasteiger partial charge in [-0.2, -0.15) is 0 Å². The zero-order chi connectivity index (χ0) is 21.2. The van der Waals surface area contributed by atoms with Crippen molar-refractivity contribution in [1.82, 2.24) is 10.2 Å². The van der Waals surface area contributed by atoms with Crippen LogP contribution in [0.2, 0.25) is 0 Å². The molecule has 2 aromatic rings. The highest BCUT2D eigenvalue weighted by Gasteiger charge is 2.26. The van der Waals surface area contributed by atoms with Crippen LogP contribution in [0.15, 0.2) is 54.6 Å². The summed E-state index contributed by atoms with van der Waals surface area (Å²) in [7, 11) is 0. The van der Waals surface area contributed by atoms with Crippen LogP contribution in [0, 0.1) is 6.92 Å². The highest BCUT2D eigenvalue weighted by atomic mass is 16.5. The molecule has 2 atom stereocenters. The summed E-state index contributed by atoms with van der Waals surface area (Å²) in [5.74, 6) is 0.299. The van der Waals surface area contributed by atoms with Crippen LogP contribution in [0.5, 0.6) is 5.75 Å². The van der Waals surface area contributed by atoms with Crippen molar-refractivity contribution in [2.75, 3.05) is 13.2 Å². The van der Waals surface area contributed by atoms with E-state index >= 15 is 0 Å². The van der Waals surface area contributed by atoms with E-state index in [0.29, 0.717) is 18.7 Å². The van der Waals surface area contributed by atoms with Crippen LogP contribution >= 0.6 is 0 Å². The second kappa shape index (κ2) is 11.2. The van der Waals surface area contributed by atoms with Gasteiger partial charge in [-0.15, -0.1) is 0 Å². The van der Waals surface area contributed by atoms with Gasteiger partial charge in [-0.1, -0.05) is 55.0 Å². The summed E-state index contributed by atoms with van der Waals surface area (Å²) in [6, 6.07) is 17.0. The molecule has 29 heavy (non-hydrogen) atoms. The summed E-state index contributed by atoms with van der Waals surface area (Å²) in [6.45, 7) is 8.10. The maximum atomic E-state index is 12.9. The van der Waals surface area contributed by atoms with Gasteiger partial charge in [-0.05, 0) is 51.3 Å². The van der Waals surface area contributed by atoms with Gasteiger partial charge in [0, 0.05) is 12.6 Å². The summed E-state index contributed by atoms with van der Waals surface area (Å²) >= 11 is 0. The van der Waals surface area contributed by atoms with Crippen molar-refractivity contribution in [3.8, 4) is 5.75 Å². The SMILES string of the molecule is CC[C@@H](C)NC(=O)[C@H](C)N(CCc1ccccc1)C(=O)COc1ccc(C)cc1. The molecule has 0 unspecified atom stereocenters. The first-order valence-corrected chi connectivity index (χ1v) is 10.2. The van der Waals surface area contributed by atoms with Crippen LogP contribution in [-0.2, 0) is 16.0 Å². The molecule has 5 heteroatoms. The fourth-order valence-corrected chi connectivity index (χ4v) is 2.90. The van der Waals surface area contributed by atoms with Gasteiger partial charge in [0.1, 0.15) is 11.8 Å². The molecule has 1 N–H and O–H groups in total. The number of ether oxygens (including phenoxy) is 1. The van der Waals surface area contributed by atoms with Gasteiger partial charge in [-0.3, -0.25) is 9.59 Å². The van der Waals surface area contributed by atoms with E-state index in [2.05, 4.69) is 5.32 Å². The lowest BCUT2D eigenvalue weighted by molar-refractivity contribution is -0.141. The largest absolute Gasteiger partial charge is 0.484 e. The summed E-state index contributed by atoms with van der Waals surface area (Å²) in [6.07, 6.45) is 1.52. The van der Waals surface area contributed by atoms with E-state index in [1.54, 1.807) is 11.8 Å². The van der Waals surface area contributed by atoms with E-state index in [1.165, 1.54) is 0 Å². The zero-order valence-corrected chi connectivity index (χ0v) is 17.9. The minimum Gasteiger partial charge on any atom is -0.484 e. The van der Waals surface area contributed by atoms with Gasteiger partial charge in [0.05, 0.1) is 0 Å². The molecule has 0 saturated carbocycles. The van der Waals surface area contributed by atoms with Crippen LogP contribution in [0.3, 0.4) is 0 Å². The topological polar surface area (TPSA) is 58.6 Å². The van der Waals surface area contributed by atoms with Crippen molar-refractivity contribution in [2.24, 2.45) is 0 Å². The Morgan fingerprint density at radius 1 is 1.03 bits per heavy atom. The summed E-state index contributed by atoms with van der Waals surface area (Å²) in [4.78, 5) is 27.2. The molecule has 5 nitrogen and oxygen atoms in total. The van der Waals surface area contributed by atoms with Crippen LogP contribution in [-0.4, -0.2) is 41.9 Å². The number of aryl methyl sites for hydroxylation is 1. The Kier molecular flexibility index (Phi) is 8.71. The normalized spacial score (nSPS) is 12.7. The van der Waals surface area contributed by atoms with E-state index in [-0.39, 0.29) is 24.5 Å². The van der Waals surface area contributed by atoms with Crippen LogP contribution < -0.4 is 10.1 Å². The van der Waals surface area contributed by atoms with Crippen molar-refractivity contribution < 1.29 is 14.3 Å². The van der Waals surface area contributed by atoms with E-state index in [4.69, 9.17) is 4.74 Å². The number of nitrogens with zero attached hydrogens (tertiary/aromatic N) is 1. The molecule has 0 aromatic heterocycles. The predicted molar refractivity (Wildman–Crippen MR) is 116 cm³/mol. The van der Waals surface area contributed by atoms with E-state index in [1.807, 2.05) is 75.4 Å². The molecule has 0 bridgehead atoms. The van der Waals surface area contributed by atoms with Gasteiger partial charge in [0.2, 0.25) is 5.91 Å². The van der Waals surface area contributed by atoms with Gasteiger partial charge in [0.15, 0.2) is 6.61 Å². The molecule has 0 aliphatic heterocycles. The quantitative estimate of drug-likeness (QED) is 0.665. The second-order valence-corrected chi connectivity index (χ2v) is 7.42. The minimum atomic E-state index is -0.568. The van der Waals surface area contributed by atoms with Gasteiger partial charge in [-0.25, -0.2) is 0 Å². The number of benzene rings is 2. The van der Waals surface area contributed by atoms with E-state index in [9.17, 15) is 9.59 Å². The third-order valence-electron chi connectivity index (χ3n) is 5.04. The summed E-state index contributed by atoms with van der Waals surface area (Å²) < 4.78 is 5.67. The molecule has 0 aliphatic rings. The first-order chi connectivity index (χ1) is 13.9.